The molecule has 0 atom stereocenters. The molecule has 4 aromatic rings. The van der Waals surface area contributed by atoms with Gasteiger partial charge in [-0.2, -0.15) is 0 Å². The number of nitrogens with zero attached hydrogens (tertiary/aromatic N) is 3. The van der Waals surface area contributed by atoms with Crippen LogP contribution in [0.2, 0.25) is 0 Å². The molecule has 0 aliphatic rings. The molecule has 1 aromatic heterocycles. The molecule has 3 aromatic carbocycles. The Kier molecular flexibility index (Phi) is 7.09. The molecular weight excluding hydrogens is 458 g/mol. The number of halogens is 1. The van der Waals surface area contributed by atoms with Gasteiger partial charge in [0.05, 0.1) is 29.5 Å². The molecule has 4 rings (SSSR count). The van der Waals surface area contributed by atoms with Gasteiger partial charge in [-0.3, -0.25) is 9.71 Å². The molecule has 0 fully saturated rings. The van der Waals surface area contributed by atoms with Gasteiger partial charge in [0.1, 0.15) is 11.7 Å². The maximum Gasteiger partial charge on any atom is 0.232 e. The van der Waals surface area contributed by atoms with Crippen molar-refractivity contribution < 1.29 is 8.42 Å². The second kappa shape index (κ2) is 9.64. The van der Waals surface area contributed by atoms with Crippen molar-refractivity contribution in [3.05, 3.63) is 95.3 Å². The van der Waals surface area contributed by atoms with Crippen LogP contribution < -0.4 is 10.0 Å². The molecule has 0 aliphatic carbocycles. The largest absolute Gasteiger partial charge is 0.384 e. The first-order chi connectivity index (χ1) is 15.2. The Balaban J connectivity index is 0.00000306. The number of anilines is 1. The van der Waals surface area contributed by atoms with Gasteiger partial charge >= 0.3 is 0 Å². The van der Waals surface area contributed by atoms with E-state index in [0.717, 1.165) is 28.0 Å². The summed E-state index contributed by atoms with van der Waals surface area (Å²) in [5, 5.41) is 7.52. The lowest BCUT2D eigenvalue weighted by atomic mass is 10.1. The molecule has 0 aliphatic heterocycles. The molecule has 9 heteroatoms. The van der Waals surface area contributed by atoms with Crippen LogP contribution in [0.3, 0.4) is 0 Å². The highest BCUT2D eigenvalue weighted by Gasteiger charge is 2.19. The first kappa shape index (κ1) is 24.3. The van der Waals surface area contributed by atoms with Crippen LogP contribution in [-0.4, -0.2) is 30.1 Å². The SMILES string of the molecule is Cl.Cn1c(Cc2ccc(C(=N)N)cc2)nc2cc(N(Cc3ccccc3)S(C)(=O)=O)ccc21. The van der Waals surface area contributed by atoms with E-state index in [0.29, 0.717) is 17.7 Å². The number of rotatable bonds is 7. The van der Waals surface area contributed by atoms with Gasteiger partial charge in [-0.05, 0) is 29.3 Å². The smallest absolute Gasteiger partial charge is 0.232 e. The summed E-state index contributed by atoms with van der Waals surface area (Å²) < 4.78 is 28.5. The van der Waals surface area contributed by atoms with E-state index in [-0.39, 0.29) is 24.8 Å². The van der Waals surface area contributed by atoms with E-state index in [4.69, 9.17) is 16.1 Å². The zero-order valence-corrected chi connectivity index (χ0v) is 20.0. The first-order valence-corrected chi connectivity index (χ1v) is 12.0. The molecule has 0 saturated heterocycles. The zero-order valence-electron chi connectivity index (χ0n) is 18.4. The Labute approximate surface area is 199 Å². The Hall–Kier alpha value is -3.36. The van der Waals surface area contributed by atoms with Crippen molar-refractivity contribution in [2.24, 2.45) is 12.8 Å². The topological polar surface area (TPSA) is 105 Å². The van der Waals surface area contributed by atoms with E-state index in [9.17, 15) is 8.42 Å². The van der Waals surface area contributed by atoms with Crippen molar-refractivity contribution in [1.82, 2.24) is 9.55 Å². The number of benzene rings is 3. The molecule has 3 N–H and O–H groups in total. The molecule has 33 heavy (non-hydrogen) atoms. The Morgan fingerprint density at radius 1 is 1.03 bits per heavy atom. The van der Waals surface area contributed by atoms with E-state index in [1.807, 2.05) is 84.4 Å². The summed E-state index contributed by atoms with van der Waals surface area (Å²) in [5.41, 5.74) is 10.4. The molecule has 172 valence electrons. The number of hydrogen-bond donors (Lipinski definition) is 2. The first-order valence-electron chi connectivity index (χ1n) is 10.1. The van der Waals surface area contributed by atoms with Crippen molar-refractivity contribution in [3.63, 3.8) is 0 Å². The van der Waals surface area contributed by atoms with Crippen LogP contribution in [0.1, 0.15) is 22.5 Å². The maximum atomic E-state index is 12.5. The number of imidazole rings is 1. The van der Waals surface area contributed by atoms with E-state index in [1.165, 1.54) is 10.6 Å². The van der Waals surface area contributed by atoms with Gasteiger partial charge in [0.25, 0.3) is 0 Å². The monoisotopic (exact) mass is 483 g/mol. The molecule has 0 radical (unpaired) electrons. The average Bonchev–Trinajstić information content (AvgIpc) is 3.07. The number of nitrogens with two attached hydrogens (primary N) is 1. The van der Waals surface area contributed by atoms with Crippen LogP contribution in [0.4, 0.5) is 5.69 Å². The molecule has 7 nitrogen and oxygen atoms in total. The normalized spacial score (nSPS) is 11.2. The van der Waals surface area contributed by atoms with Gasteiger partial charge in [0, 0.05) is 19.0 Å². The molecule has 0 amide bonds. The van der Waals surface area contributed by atoms with Crippen LogP contribution in [0.5, 0.6) is 0 Å². The summed E-state index contributed by atoms with van der Waals surface area (Å²) in [7, 11) is -1.53. The van der Waals surface area contributed by atoms with E-state index >= 15 is 0 Å². The fourth-order valence-corrected chi connectivity index (χ4v) is 4.57. The standard InChI is InChI=1S/C24H25N5O2S.ClH/c1-28-22-13-12-20(29(32(2,30)31)16-18-6-4-3-5-7-18)15-21(22)27-23(28)14-17-8-10-19(11-9-17)24(25)26;/h3-13,15H,14,16H2,1-2H3,(H3,25,26);1H. The van der Waals surface area contributed by atoms with Crippen LogP contribution in [0, 0.1) is 5.41 Å². The zero-order chi connectivity index (χ0) is 22.9. The highest BCUT2D eigenvalue weighted by atomic mass is 35.5. The third-order valence-corrected chi connectivity index (χ3v) is 6.58. The summed E-state index contributed by atoms with van der Waals surface area (Å²) in [4.78, 5) is 4.77. The van der Waals surface area contributed by atoms with Crippen LogP contribution in [0.25, 0.3) is 11.0 Å². The average molecular weight is 484 g/mol. The minimum Gasteiger partial charge on any atom is -0.384 e. The quantitative estimate of drug-likeness (QED) is 0.308. The summed E-state index contributed by atoms with van der Waals surface area (Å²) in [6.07, 6.45) is 1.83. The van der Waals surface area contributed by atoms with Crippen molar-refractivity contribution in [2.45, 2.75) is 13.0 Å². The van der Waals surface area contributed by atoms with Crippen molar-refractivity contribution >= 4 is 45.0 Å². The van der Waals surface area contributed by atoms with Crippen molar-refractivity contribution in [1.29, 1.82) is 5.41 Å². The lowest BCUT2D eigenvalue weighted by Crippen LogP contribution is -2.29. The van der Waals surface area contributed by atoms with Crippen LogP contribution in [0.15, 0.2) is 72.8 Å². The van der Waals surface area contributed by atoms with Gasteiger partial charge in [-0.25, -0.2) is 13.4 Å². The molecule has 0 saturated carbocycles. The summed E-state index contributed by atoms with van der Waals surface area (Å²) in [6, 6.07) is 22.6. The van der Waals surface area contributed by atoms with Gasteiger partial charge < -0.3 is 10.3 Å². The minimum atomic E-state index is -3.48. The third-order valence-electron chi connectivity index (χ3n) is 5.44. The molecular formula is C24H26ClN5O2S. The van der Waals surface area contributed by atoms with Crippen molar-refractivity contribution in [2.75, 3.05) is 10.6 Å². The number of hydrogen-bond acceptors (Lipinski definition) is 4. The van der Waals surface area contributed by atoms with E-state index in [1.54, 1.807) is 0 Å². The number of amidine groups is 1. The highest BCUT2D eigenvalue weighted by Crippen LogP contribution is 2.26. The highest BCUT2D eigenvalue weighted by molar-refractivity contribution is 7.92. The van der Waals surface area contributed by atoms with Gasteiger partial charge in [0.2, 0.25) is 10.0 Å². The second-order valence-corrected chi connectivity index (χ2v) is 9.71. The van der Waals surface area contributed by atoms with Crippen LogP contribution >= 0.6 is 12.4 Å². The summed E-state index contributed by atoms with van der Waals surface area (Å²) in [6.45, 7) is 0.257. The number of sulfonamides is 1. The predicted molar refractivity (Wildman–Crippen MR) is 136 cm³/mol. The van der Waals surface area contributed by atoms with Gasteiger partial charge in [0.15, 0.2) is 0 Å². The lowest BCUT2D eigenvalue weighted by molar-refractivity contribution is 0.596. The number of aryl methyl sites for hydroxylation is 1. The molecule has 0 unspecified atom stereocenters. The molecule has 0 spiro atoms. The Morgan fingerprint density at radius 3 is 2.30 bits per heavy atom. The van der Waals surface area contributed by atoms with E-state index < -0.39 is 10.0 Å². The maximum absolute atomic E-state index is 12.5. The van der Waals surface area contributed by atoms with Gasteiger partial charge in [-0.15, -0.1) is 12.4 Å². The van der Waals surface area contributed by atoms with Gasteiger partial charge in [-0.1, -0.05) is 54.6 Å². The lowest BCUT2D eigenvalue weighted by Gasteiger charge is -2.22. The number of nitrogen functional groups attached to an aromatic ring is 1. The third kappa shape index (κ3) is 5.35. The summed E-state index contributed by atoms with van der Waals surface area (Å²) >= 11 is 0. The fraction of sp³-hybridized carbons (Fsp3) is 0.167. The van der Waals surface area contributed by atoms with Crippen LogP contribution in [-0.2, 0) is 30.0 Å². The summed E-state index contributed by atoms with van der Waals surface area (Å²) in [5.74, 6) is 0.902. The number of aromatic nitrogens is 2. The van der Waals surface area contributed by atoms with E-state index in [2.05, 4.69) is 0 Å². The Morgan fingerprint density at radius 2 is 1.70 bits per heavy atom. The predicted octanol–water partition coefficient (Wildman–Crippen LogP) is 3.84. The van der Waals surface area contributed by atoms with Crippen molar-refractivity contribution in [3.8, 4) is 0 Å². The molecule has 0 bridgehead atoms. The second-order valence-electron chi connectivity index (χ2n) is 7.80. The number of nitrogens with one attached hydrogen (secondary N) is 1. The minimum absolute atomic E-state index is 0. The fourth-order valence-electron chi connectivity index (χ4n) is 3.69. The molecule has 1 heterocycles. The Bertz CT molecular complexity index is 1380. The number of fused-ring (bicyclic) bond motifs is 1.